The Morgan fingerprint density at radius 2 is 1.10 bits per heavy atom. The van der Waals surface area contributed by atoms with E-state index in [1.54, 1.807) is 27.7 Å². The lowest BCUT2D eigenvalue weighted by Gasteiger charge is -1.80. The van der Waals surface area contributed by atoms with Gasteiger partial charge >= 0.3 is 0 Å². The second-order valence-corrected chi connectivity index (χ2v) is 5.48. The fourth-order valence-electron chi connectivity index (χ4n) is 0. The summed E-state index contributed by atoms with van der Waals surface area (Å²) in [7, 11) is 0. The molecule has 2 N–H and O–H groups in total. The van der Waals surface area contributed by atoms with Crippen molar-refractivity contribution < 1.29 is 15.1 Å². The quantitative estimate of drug-likeness (QED) is 0.275. The molecule has 0 spiro atoms. The van der Waals surface area contributed by atoms with E-state index in [2.05, 4.69) is 31.2 Å². The summed E-state index contributed by atoms with van der Waals surface area (Å²) in [5.74, 6) is 0.167. The van der Waals surface area contributed by atoms with Crippen LogP contribution in [-0.2, 0) is 4.79 Å². The van der Waals surface area contributed by atoms with Gasteiger partial charge in [-0.2, -0.15) is 0 Å². The Hall–Kier alpha value is -0.810. The predicted octanol–water partition coefficient (Wildman–Crippen LogP) is 5.29. The standard InChI is InChI=1S/C3H7NO.C3H8O.C3H6O.C3H6S.C3H8.CH4/c1-3(2)4-5;3*1-3(2)4;1-3-2;/h5H,1-2H3;3-4H,1-2H3;2*1-2H3;3H2,1-2H3;1H4. The van der Waals surface area contributed by atoms with Gasteiger partial charge < -0.3 is 15.1 Å². The average molecular weight is 326 g/mol. The van der Waals surface area contributed by atoms with Crippen molar-refractivity contribution in [3.63, 3.8) is 0 Å². The molecule has 0 saturated carbocycles. The normalized spacial score (nSPS) is 6.67. The number of aliphatic hydroxyl groups is 1. The van der Waals surface area contributed by atoms with Crippen LogP contribution in [0.1, 0.15) is 83.1 Å². The largest absolute Gasteiger partial charge is 0.411 e. The van der Waals surface area contributed by atoms with Crippen LogP contribution in [0.25, 0.3) is 0 Å². The van der Waals surface area contributed by atoms with Crippen LogP contribution >= 0.6 is 12.2 Å². The minimum absolute atomic E-state index is 0. The van der Waals surface area contributed by atoms with Crippen LogP contribution in [0.5, 0.6) is 0 Å². The Labute approximate surface area is 138 Å². The van der Waals surface area contributed by atoms with Gasteiger partial charge in [0.1, 0.15) is 5.78 Å². The van der Waals surface area contributed by atoms with E-state index < -0.39 is 0 Å². The molecule has 0 rings (SSSR count). The number of thiocarbonyl (C=S) groups is 1. The highest BCUT2D eigenvalue weighted by molar-refractivity contribution is 7.80. The molecule has 0 heterocycles. The fraction of sp³-hybridized carbons (Fsp3) is 0.812. The van der Waals surface area contributed by atoms with E-state index in [0.29, 0.717) is 5.71 Å². The molecule has 0 aromatic heterocycles. The molecular formula is C16H39NO3S. The van der Waals surface area contributed by atoms with Gasteiger partial charge in [-0.1, -0.05) is 45.1 Å². The summed E-state index contributed by atoms with van der Waals surface area (Å²) in [6.45, 7) is 18.0. The maximum Gasteiger partial charge on any atom is 0.126 e. The van der Waals surface area contributed by atoms with Crippen molar-refractivity contribution in [1.29, 1.82) is 0 Å². The lowest BCUT2D eigenvalue weighted by Crippen LogP contribution is -1.85. The third-order valence-corrected chi connectivity index (χ3v) is 0.200. The van der Waals surface area contributed by atoms with Gasteiger partial charge in [-0.25, -0.2) is 0 Å². The molecule has 0 aliphatic heterocycles. The highest BCUT2D eigenvalue weighted by Gasteiger charge is 1.69. The SMILES string of the molecule is C.CC(C)=NO.CC(C)=O.CC(C)=S.CC(C)O.CCC. The van der Waals surface area contributed by atoms with Crippen molar-refractivity contribution in [3.8, 4) is 0 Å². The molecular weight excluding hydrogens is 286 g/mol. The van der Waals surface area contributed by atoms with E-state index in [0.717, 1.165) is 4.86 Å². The molecule has 0 aliphatic rings. The molecule has 5 heteroatoms. The number of hydrogen-bond donors (Lipinski definition) is 2. The molecule has 0 radical (unpaired) electrons. The zero-order valence-corrected chi connectivity index (χ0v) is 15.8. The van der Waals surface area contributed by atoms with Crippen molar-refractivity contribution >= 4 is 28.6 Å². The summed E-state index contributed by atoms with van der Waals surface area (Å²) in [5, 5.41) is 18.6. The van der Waals surface area contributed by atoms with Crippen molar-refractivity contribution in [1.82, 2.24) is 0 Å². The van der Waals surface area contributed by atoms with Gasteiger partial charge in [-0.05, 0) is 60.3 Å². The lowest BCUT2D eigenvalue weighted by molar-refractivity contribution is -0.114. The van der Waals surface area contributed by atoms with E-state index in [9.17, 15) is 4.79 Å². The molecule has 132 valence electrons. The van der Waals surface area contributed by atoms with Gasteiger partial charge in [-0.3, -0.25) is 0 Å². The van der Waals surface area contributed by atoms with Gasteiger partial charge in [0.25, 0.3) is 0 Å². The summed E-state index contributed by atoms with van der Waals surface area (Å²) in [6.07, 6.45) is 1.08. The molecule has 0 amide bonds. The second kappa shape index (κ2) is 36.5. The van der Waals surface area contributed by atoms with Gasteiger partial charge in [0.05, 0.1) is 5.71 Å². The number of rotatable bonds is 0. The highest BCUT2D eigenvalue weighted by atomic mass is 32.1. The third-order valence-electron chi connectivity index (χ3n) is 0.200. The molecule has 0 saturated heterocycles. The summed E-state index contributed by atoms with van der Waals surface area (Å²) in [6, 6.07) is 0. The van der Waals surface area contributed by atoms with Crippen molar-refractivity contribution in [2.24, 2.45) is 5.16 Å². The number of ketones is 1. The van der Waals surface area contributed by atoms with Gasteiger partial charge in [0.15, 0.2) is 0 Å². The number of Topliss-reactive ketones (excluding diaryl/α,β-unsaturated/α-hetero) is 1. The van der Waals surface area contributed by atoms with Crippen LogP contribution in [0.4, 0.5) is 0 Å². The number of carbonyl (C=O) groups is 1. The first-order chi connectivity index (χ1) is 8.88. The van der Waals surface area contributed by atoms with E-state index >= 15 is 0 Å². The lowest BCUT2D eigenvalue weighted by atomic mass is 10.5. The van der Waals surface area contributed by atoms with Crippen molar-refractivity contribution in [3.05, 3.63) is 0 Å². The topological polar surface area (TPSA) is 69.9 Å². The Morgan fingerprint density at radius 3 is 1.10 bits per heavy atom. The van der Waals surface area contributed by atoms with E-state index in [-0.39, 0.29) is 19.3 Å². The minimum atomic E-state index is -0.167. The number of aliphatic hydroxyl groups excluding tert-OH is 1. The molecule has 21 heavy (non-hydrogen) atoms. The monoisotopic (exact) mass is 325 g/mol. The van der Waals surface area contributed by atoms with E-state index in [1.807, 2.05) is 13.8 Å². The summed E-state index contributed by atoms with van der Waals surface area (Å²) < 4.78 is 0. The number of hydrogen-bond acceptors (Lipinski definition) is 5. The third kappa shape index (κ3) is 4000. The second-order valence-electron chi connectivity index (χ2n) is 4.66. The molecule has 0 unspecified atom stereocenters. The number of oxime groups is 1. The van der Waals surface area contributed by atoms with Crippen LogP contribution in [0.2, 0.25) is 0 Å². The minimum Gasteiger partial charge on any atom is -0.411 e. The highest BCUT2D eigenvalue weighted by Crippen LogP contribution is 1.65. The van der Waals surface area contributed by atoms with Crippen LogP contribution in [-0.4, -0.2) is 32.8 Å². The van der Waals surface area contributed by atoms with Gasteiger partial charge in [-0.15, -0.1) is 0 Å². The molecule has 0 aliphatic carbocycles. The van der Waals surface area contributed by atoms with Crippen molar-refractivity contribution in [2.45, 2.75) is 89.2 Å². The Morgan fingerprint density at radius 1 is 1.05 bits per heavy atom. The zero-order chi connectivity index (χ0) is 17.7. The van der Waals surface area contributed by atoms with Crippen molar-refractivity contribution in [2.75, 3.05) is 0 Å². The Bertz CT molecular complexity index is 201. The summed E-state index contributed by atoms with van der Waals surface area (Å²) >= 11 is 4.54. The molecule has 0 aromatic carbocycles. The Kier molecular flexibility index (Phi) is 64.2. The maximum absolute atomic E-state index is 9.44. The van der Waals surface area contributed by atoms with E-state index in [1.165, 1.54) is 20.3 Å². The Balaban J connectivity index is -0.0000000334. The molecule has 0 fully saturated rings. The van der Waals surface area contributed by atoms with Crippen LogP contribution in [0.3, 0.4) is 0 Å². The molecule has 0 atom stereocenters. The molecule has 0 bridgehead atoms. The molecule has 0 aromatic rings. The van der Waals surface area contributed by atoms with Crippen LogP contribution in [0.15, 0.2) is 5.16 Å². The van der Waals surface area contributed by atoms with Crippen LogP contribution < -0.4 is 0 Å². The number of carbonyl (C=O) groups excluding carboxylic acids is 1. The van der Waals surface area contributed by atoms with Crippen LogP contribution in [0, 0.1) is 0 Å². The van der Waals surface area contributed by atoms with Gasteiger partial charge in [0.2, 0.25) is 0 Å². The molecule has 4 nitrogen and oxygen atoms in total. The first-order valence-corrected chi connectivity index (χ1v) is 7.07. The fourth-order valence-corrected chi connectivity index (χ4v) is 0. The smallest absolute Gasteiger partial charge is 0.126 e. The first-order valence-electron chi connectivity index (χ1n) is 6.66. The zero-order valence-electron chi connectivity index (χ0n) is 14.9. The summed E-state index contributed by atoms with van der Waals surface area (Å²) in [5.41, 5.74) is 0.685. The first kappa shape index (κ1) is 36.9. The van der Waals surface area contributed by atoms with E-state index in [4.69, 9.17) is 10.3 Å². The van der Waals surface area contributed by atoms with Gasteiger partial charge in [0, 0.05) is 6.10 Å². The summed E-state index contributed by atoms with van der Waals surface area (Å²) in [4.78, 5) is 10.4. The average Bonchev–Trinajstić information content (AvgIpc) is 2.15. The maximum atomic E-state index is 9.44. The predicted molar refractivity (Wildman–Crippen MR) is 101 cm³/mol. The number of nitrogens with zero attached hydrogens (tertiary/aromatic N) is 1.